The molecule has 2 rings (SSSR count). The summed E-state index contributed by atoms with van der Waals surface area (Å²) in [7, 11) is 0. The highest BCUT2D eigenvalue weighted by Gasteiger charge is 2.23. The smallest absolute Gasteiger partial charge is 0.230 e. The van der Waals surface area contributed by atoms with E-state index < -0.39 is 0 Å². The molecule has 1 aromatic rings. The van der Waals surface area contributed by atoms with Gasteiger partial charge < -0.3 is 5.32 Å². The predicted molar refractivity (Wildman–Crippen MR) is 86.4 cm³/mol. The molecule has 1 aliphatic rings. The summed E-state index contributed by atoms with van der Waals surface area (Å²) >= 11 is 7.51. The number of thioether (sulfide) groups is 1. The maximum absolute atomic E-state index is 11.7. The van der Waals surface area contributed by atoms with Gasteiger partial charge in [-0.05, 0) is 49.9 Å². The van der Waals surface area contributed by atoms with E-state index in [-0.39, 0.29) is 11.9 Å². The van der Waals surface area contributed by atoms with Gasteiger partial charge in [0, 0.05) is 11.6 Å². The van der Waals surface area contributed by atoms with Gasteiger partial charge in [0.15, 0.2) is 0 Å². The molecule has 1 N–H and O–H groups in total. The third kappa shape index (κ3) is 4.40. The third-order valence-corrected chi connectivity index (χ3v) is 4.41. The molecule has 20 heavy (non-hydrogen) atoms. The first-order valence-corrected chi connectivity index (χ1v) is 8.73. The van der Waals surface area contributed by atoms with Crippen LogP contribution in [0, 0.1) is 0 Å². The highest BCUT2D eigenvalue weighted by atomic mass is 35.5. The van der Waals surface area contributed by atoms with Crippen LogP contribution >= 0.6 is 23.4 Å². The highest BCUT2D eigenvalue weighted by molar-refractivity contribution is 7.99. The molecule has 0 aliphatic carbocycles. The van der Waals surface area contributed by atoms with Gasteiger partial charge in [0.25, 0.3) is 0 Å². The molecule has 1 saturated heterocycles. The summed E-state index contributed by atoms with van der Waals surface area (Å²) in [6.45, 7) is 2.87. The zero-order chi connectivity index (χ0) is 14.4. The summed E-state index contributed by atoms with van der Waals surface area (Å²) in [6, 6.07) is 8.21. The van der Waals surface area contributed by atoms with E-state index in [2.05, 4.69) is 22.3 Å². The van der Waals surface area contributed by atoms with E-state index in [4.69, 9.17) is 11.6 Å². The van der Waals surface area contributed by atoms with Crippen molar-refractivity contribution in [3.63, 3.8) is 0 Å². The van der Waals surface area contributed by atoms with E-state index in [1.54, 1.807) is 11.8 Å². The molecule has 1 amide bonds. The summed E-state index contributed by atoms with van der Waals surface area (Å²) < 4.78 is 0. The SMILES string of the molecule is CSCC(=O)NC[C@H](c1ccc(Cl)cc1)N1CCCC1. The van der Waals surface area contributed by atoms with E-state index in [0.717, 1.165) is 18.1 Å². The highest BCUT2D eigenvalue weighted by Crippen LogP contribution is 2.25. The molecule has 110 valence electrons. The van der Waals surface area contributed by atoms with Gasteiger partial charge in [0.2, 0.25) is 5.91 Å². The van der Waals surface area contributed by atoms with Crippen LogP contribution in [-0.2, 0) is 4.79 Å². The fourth-order valence-electron chi connectivity index (χ4n) is 2.59. The standard InChI is InChI=1S/C15H21ClN2OS/c1-20-11-15(19)17-10-14(18-8-2-3-9-18)12-4-6-13(16)7-5-12/h4-7,14H,2-3,8-11H2,1H3,(H,17,19)/t14-/m1/s1. The Morgan fingerprint density at radius 1 is 1.35 bits per heavy atom. The van der Waals surface area contributed by atoms with Crippen LogP contribution in [0.3, 0.4) is 0 Å². The van der Waals surface area contributed by atoms with Gasteiger partial charge in [0.05, 0.1) is 11.8 Å². The van der Waals surface area contributed by atoms with Gasteiger partial charge >= 0.3 is 0 Å². The molecule has 0 spiro atoms. The lowest BCUT2D eigenvalue weighted by Gasteiger charge is -2.28. The second kappa shape index (κ2) is 7.91. The summed E-state index contributed by atoms with van der Waals surface area (Å²) in [5.74, 6) is 0.628. The number of nitrogens with zero attached hydrogens (tertiary/aromatic N) is 1. The average Bonchev–Trinajstić information content (AvgIpc) is 2.95. The Balaban J connectivity index is 2.04. The van der Waals surface area contributed by atoms with Gasteiger partial charge in [-0.2, -0.15) is 11.8 Å². The van der Waals surface area contributed by atoms with E-state index >= 15 is 0 Å². The fraction of sp³-hybridized carbons (Fsp3) is 0.533. The Kier molecular flexibility index (Phi) is 6.20. The first kappa shape index (κ1) is 15.7. The number of halogens is 1. The van der Waals surface area contributed by atoms with Gasteiger partial charge in [-0.1, -0.05) is 23.7 Å². The monoisotopic (exact) mass is 312 g/mol. The summed E-state index contributed by atoms with van der Waals surface area (Å²) in [4.78, 5) is 14.1. The molecule has 0 radical (unpaired) electrons. The van der Waals surface area contributed by atoms with Crippen LogP contribution in [-0.4, -0.2) is 42.4 Å². The topological polar surface area (TPSA) is 32.3 Å². The lowest BCUT2D eigenvalue weighted by molar-refractivity contribution is -0.118. The van der Waals surface area contributed by atoms with Gasteiger partial charge in [-0.25, -0.2) is 0 Å². The van der Waals surface area contributed by atoms with Crippen molar-refractivity contribution in [1.29, 1.82) is 0 Å². The zero-order valence-corrected chi connectivity index (χ0v) is 13.3. The van der Waals surface area contributed by atoms with Gasteiger partial charge in [-0.3, -0.25) is 9.69 Å². The van der Waals surface area contributed by atoms with Crippen LogP contribution < -0.4 is 5.32 Å². The minimum atomic E-state index is 0.107. The van der Waals surface area contributed by atoms with E-state index in [0.29, 0.717) is 12.3 Å². The van der Waals surface area contributed by atoms with Crippen molar-refractivity contribution >= 4 is 29.3 Å². The third-order valence-electron chi connectivity index (χ3n) is 3.60. The number of amides is 1. The molecule has 3 nitrogen and oxygen atoms in total. The van der Waals surface area contributed by atoms with Crippen molar-refractivity contribution in [1.82, 2.24) is 10.2 Å². The second-order valence-electron chi connectivity index (χ2n) is 5.05. The normalized spacial score (nSPS) is 17.1. The number of hydrogen-bond acceptors (Lipinski definition) is 3. The number of hydrogen-bond donors (Lipinski definition) is 1. The number of carbonyl (C=O) groups excluding carboxylic acids is 1. The summed E-state index contributed by atoms with van der Waals surface area (Å²) in [5.41, 5.74) is 1.22. The molecular weight excluding hydrogens is 292 g/mol. The van der Waals surface area contributed by atoms with Crippen molar-refractivity contribution in [2.75, 3.05) is 31.6 Å². The summed E-state index contributed by atoms with van der Waals surface area (Å²) in [5, 5.41) is 3.79. The molecule has 0 saturated carbocycles. The lowest BCUT2D eigenvalue weighted by Crippen LogP contribution is -2.37. The molecule has 1 fully saturated rings. The first-order valence-electron chi connectivity index (χ1n) is 6.96. The maximum Gasteiger partial charge on any atom is 0.230 e. The molecule has 5 heteroatoms. The van der Waals surface area contributed by atoms with Crippen LogP contribution in [0.15, 0.2) is 24.3 Å². The molecule has 1 atom stereocenters. The number of benzene rings is 1. The van der Waals surface area contributed by atoms with E-state index in [1.165, 1.54) is 18.4 Å². The van der Waals surface area contributed by atoms with Crippen molar-refractivity contribution in [2.45, 2.75) is 18.9 Å². The van der Waals surface area contributed by atoms with Gasteiger partial charge in [0.1, 0.15) is 0 Å². The molecule has 1 aliphatic heterocycles. The van der Waals surface area contributed by atoms with Crippen molar-refractivity contribution in [3.05, 3.63) is 34.9 Å². The first-order chi connectivity index (χ1) is 9.70. The quantitative estimate of drug-likeness (QED) is 0.876. The minimum Gasteiger partial charge on any atom is -0.353 e. The minimum absolute atomic E-state index is 0.107. The number of carbonyl (C=O) groups is 1. The number of likely N-dealkylation sites (tertiary alicyclic amines) is 1. The molecule has 0 unspecified atom stereocenters. The van der Waals surface area contributed by atoms with Gasteiger partial charge in [-0.15, -0.1) is 0 Å². The van der Waals surface area contributed by atoms with E-state index in [1.807, 2.05) is 18.4 Å². The Hall–Kier alpha value is -0.710. The Labute approximate surface area is 130 Å². The predicted octanol–water partition coefficient (Wildman–Crippen LogP) is 2.96. The van der Waals surface area contributed by atoms with Crippen molar-refractivity contribution in [3.8, 4) is 0 Å². The van der Waals surface area contributed by atoms with E-state index in [9.17, 15) is 4.79 Å². The zero-order valence-electron chi connectivity index (χ0n) is 11.8. The molecule has 1 aromatic carbocycles. The van der Waals surface area contributed by atoms with Crippen molar-refractivity contribution < 1.29 is 4.79 Å². The van der Waals surface area contributed by atoms with Crippen LogP contribution in [0.2, 0.25) is 5.02 Å². The summed E-state index contributed by atoms with van der Waals surface area (Å²) in [6.07, 6.45) is 4.42. The average molecular weight is 313 g/mol. The Bertz CT molecular complexity index is 432. The lowest BCUT2D eigenvalue weighted by atomic mass is 10.1. The molecular formula is C15H21ClN2OS. The molecule has 1 heterocycles. The Morgan fingerprint density at radius 3 is 2.60 bits per heavy atom. The largest absolute Gasteiger partial charge is 0.353 e. The Morgan fingerprint density at radius 2 is 2.00 bits per heavy atom. The number of nitrogens with one attached hydrogen (secondary N) is 1. The van der Waals surface area contributed by atoms with Crippen LogP contribution in [0.25, 0.3) is 0 Å². The molecule has 0 bridgehead atoms. The van der Waals surface area contributed by atoms with Crippen LogP contribution in [0.5, 0.6) is 0 Å². The fourth-order valence-corrected chi connectivity index (χ4v) is 3.08. The molecule has 0 aromatic heterocycles. The maximum atomic E-state index is 11.7. The van der Waals surface area contributed by atoms with Crippen LogP contribution in [0.4, 0.5) is 0 Å². The van der Waals surface area contributed by atoms with Crippen LogP contribution in [0.1, 0.15) is 24.4 Å². The van der Waals surface area contributed by atoms with Crippen molar-refractivity contribution in [2.24, 2.45) is 0 Å². The second-order valence-corrected chi connectivity index (χ2v) is 6.35. The number of rotatable bonds is 6.